The summed E-state index contributed by atoms with van der Waals surface area (Å²) < 4.78 is 5.28. The Hall–Kier alpha value is -3.17. The lowest BCUT2D eigenvalue weighted by atomic mass is 10.00. The molecule has 9 heteroatoms. The normalized spacial score (nSPS) is 22.7. The van der Waals surface area contributed by atoms with Gasteiger partial charge >= 0.3 is 0 Å². The van der Waals surface area contributed by atoms with Crippen molar-refractivity contribution in [1.29, 1.82) is 0 Å². The van der Waals surface area contributed by atoms with Crippen LogP contribution < -0.4 is 20.9 Å². The quantitative estimate of drug-likeness (QED) is 0.606. The topological polar surface area (TPSA) is 81.2 Å². The molecule has 34 heavy (non-hydrogen) atoms. The summed E-state index contributed by atoms with van der Waals surface area (Å²) in [6.07, 6.45) is 5.02. The van der Waals surface area contributed by atoms with Gasteiger partial charge in [0.1, 0.15) is 11.9 Å². The molecule has 3 atom stereocenters. The van der Waals surface area contributed by atoms with Crippen LogP contribution in [0.4, 0.5) is 5.69 Å². The number of rotatable bonds is 5. The van der Waals surface area contributed by atoms with Crippen molar-refractivity contribution in [3.8, 4) is 5.75 Å². The molecular weight excluding hydrogens is 448 g/mol. The molecule has 0 spiro atoms. The number of thioether (sulfide) groups is 1. The van der Waals surface area contributed by atoms with Crippen molar-refractivity contribution in [2.45, 2.75) is 45.4 Å². The van der Waals surface area contributed by atoms with Gasteiger partial charge in [-0.15, -0.1) is 0 Å². The molecule has 0 bridgehead atoms. The van der Waals surface area contributed by atoms with E-state index in [9.17, 15) is 4.79 Å². The van der Waals surface area contributed by atoms with Gasteiger partial charge in [0.15, 0.2) is 5.17 Å². The highest BCUT2D eigenvalue weighted by molar-refractivity contribution is 8.14. The predicted octanol–water partition coefficient (Wildman–Crippen LogP) is 3.60. The van der Waals surface area contributed by atoms with Gasteiger partial charge in [-0.3, -0.25) is 10.2 Å². The number of carbonyl (C=O) groups excluding carboxylic acids is 1. The highest BCUT2D eigenvalue weighted by Crippen LogP contribution is 2.35. The minimum absolute atomic E-state index is 0.0212. The molecule has 0 radical (unpaired) electrons. The third kappa shape index (κ3) is 4.33. The number of nitrogens with one attached hydrogen (secondary N) is 3. The van der Waals surface area contributed by atoms with Gasteiger partial charge in [-0.1, -0.05) is 41.6 Å². The van der Waals surface area contributed by atoms with E-state index in [1.165, 1.54) is 22.9 Å². The monoisotopic (exact) mass is 478 g/mol. The number of amidine groups is 1. The maximum Gasteiger partial charge on any atom is 0.234 e. The first-order chi connectivity index (χ1) is 16.4. The first kappa shape index (κ1) is 22.6. The number of nitrogens with zero attached hydrogens (tertiary/aromatic N) is 3. The number of amides is 1. The molecular formula is C25H30N6O2S. The van der Waals surface area contributed by atoms with E-state index in [1.807, 2.05) is 38.4 Å². The zero-order valence-electron chi connectivity index (χ0n) is 19.8. The van der Waals surface area contributed by atoms with Gasteiger partial charge in [-0.25, -0.2) is 5.43 Å². The predicted molar refractivity (Wildman–Crippen MR) is 136 cm³/mol. The molecule has 178 valence electrons. The van der Waals surface area contributed by atoms with E-state index >= 15 is 0 Å². The van der Waals surface area contributed by atoms with Gasteiger partial charge in [0.25, 0.3) is 0 Å². The molecule has 3 aliphatic heterocycles. The van der Waals surface area contributed by atoms with Crippen molar-refractivity contribution >= 4 is 28.5 Å². The molecule has 1 saturated heterocycles. The number of hydrazine groups is 1. The molecule has 5 rings (SSSR count). The number of hydrazone groups is 1. The van der Waals surface area contributed by atoms with Crippen molar-refractivity contribution in [1.82, 2.24) is 20.8 Å². The van der Waals surface area contributed by atoms with Crippen molar-refractivity contribution in [3.05, 3.63) is 71.1 Å². The smallest absolute Gasteiger partial charge is 0.234 e. The van der Waals surface area contributed by atoms with Gasteiger partial charge in [-0.05, 0) is 56.0 Å². The number of hydrogen-bond acceptors (Lipinski definition) is 8. The molecule has 0 aromatic heterocycles. The second-order valence-electron chi connectivity index (χ2n) is 8.95. The zero-order valence-corrected chi connectivity index (χ0v) is 20.6. The lowest BCUT2D eigenvalue weighted by Crippen LogP contribution is -2.54. The van der Waals surface area contributed by atoms with E-state index in [1.54, 1.807) is 7.11 Å². The minimum atomic E-state index is -0.0316. The van der Waals surface area contributed by atoms with Crippen LogP contribution in [-0.2, 0) is 4.79 Å². The van der Waals surface area contributed by atoms with Crippen LogP contribution in [0, 0.1) is 20.8 Å². The van der Waals surface area contributed by atoms with Gasteiger partial charge in [0.2, 0.25) is 5.91 Å². The summed E-state index contributed by atoms with van der Waals surface area (Å²) in [6.45, 7) is 6.12. The van der Waals surface area contributed by atoms with Crippen molar-refractivity contribution in [3.63, 3.8) is 0 Å². The van der Waals surface area contributed by atoms with Crippen molar-refractivity contribution in [2.24, 2.45) is 5.10 Å². The Balaban J connectivity index is 1.19. The fourth-order valence-electron chi connectivity index (χ4n) is 4.89. The maximum atomic E-state index is 12.7. The Kier molecular flexibility index (Phi) is 6.14. The number of benzene rings is 2. The largest absolute Gasteiger partial charge is 0.497 e. The zero-order chi connectivity index (χ0) is 23.8. The number of ether oxygens (including phenoxy) is 1. The number of aryl methyl sites for hydroxylation is 3. The molecule has 3 N–H and O–H groups in total. The van der Waals surface area contributed by atoms with Crippen LogP contribution in [0.3, 0.4) is 0 Å². The Morgan fingerprint density at radius 2 is 1.91 bits per heavy atom. The molecule has 2 aromatic rings. The minimum Gasteiger partial charge on any atom is -0.497 e. The van der Waals surface area contributed by atoms with Crippen LogP contribution in [0.5, 0.6) is 5.75 Å². The Morgan fingerprint density at radius 1 is 1.18 bits per heavy atom. The summed E-state index contributed by atoms with van der Waals surface area (Å²) >= 11 is 1.44. The summed E-state index contributed by atoms with van der Waals surface area (Å²) in [7, 11) is 1.68. The molecule has 0 aliphatic carbocycles. The second kappa shape index (κ2) is 9.23. The van der Waals surface area contributed by atoms with Crippen LogP contribution in [0.25, 0.3) is 0 Å². The van der Waals surface area contributed by atoms with Crippen LogP contribution in [0.2, 0.25) is 0 Å². The summed E-state index contributed by atoms with van der Waals surface area (Å²) in [4.78, 5) is 14.8. The summed E-state index contributed by atoms with van der Waals surface area (Å²) in [5.74, 6) is 1.12. The standard InChI is InChI=1S/C25H30N6O2S/c1-15-11-16(2)23(17(3)12-15)26-22(32)14-34-25-28-27-24-21-13-20(29-31(21)10-9-30(24)25)18-5-7-19(33-4)8-6-18/h5-12,20-21,24,27,29H,13-14H2,1-4H3,(H,26,32). The van der Waals surface area contributed by atoms with E-state index in [0.717, 1.165) is 34.2 Å². The molecule has 1 fully saturated rings. The Labute approximate surface area is 204 Å². The third-order valence-electron chi connectivity index (χ3n) is 6.50. The maximum absolute atomic E-state index is 12.7. The van der Waals surface area contributed by atoms with Gasteiger partial charge < -0.3 is 20.0 Å². The van der Waals surface area contributed by atoms with Crippen LogP contribution in [0.1, 0.15) is 34.7 Å². The van der Waals surface area contributed by atoms with Gasteiger partial charge in [0.05, 0.1) is 24.9 Å². The lowest BCUT2D eigenvalue weighted by Gasteiger charge is -2.36. The van der Waals surface area contributed by atoms with Gasteiger partial charge in [0, 0.05) is 18.1 Å². The van der Waals surface area contributed by atoms with Crippen molar-refractivity contribution < 1.29 is 9.53 Å². The highest BCUT2D eigenvalue weighted by Gasteiger charge is 2.44. The molecule has 0 saturated carbocycles. The third-order valence-corrected chi connectivity index (χ3v) is 7.46. The molecule has 3 unspecified atom stereocenters. The van der Waals surface area contributed by atoms with E-state index in [2.05, 4.69) is 62.4 Å². The first-order valence-corrected chi connectivity index (χ1v) is 12.4. The number of methoxy groups -OCH3 is 1. The number of hydrogen-bond donors (Lipinski definition) is 3. The molecule has 1 amide bonds. The lowest BCUT2D eigenvalue weighted by molar-refractivity contribution is -0.113. The number of fused-ring (bicyclic) bond motifs is 3. The number of carbonyl (C=O) groups is 1. The second-order valence-corrected chi connectivity index (χ2v) is 9.89. The summed E-state index contributed by atoms with van der Waals surface area (Å²) in [5.41, 5.74) is 12.3. The molecule has 8 nitrogen and oxygen atoms in total. The highest BCUT2D eigenvalue weighted by atomic mass is 32.2. The SMILES string of the molecule is COc1ccc(C2CC3C4NN=C(SCC(=O)Nc5c(C)cc(C)cc5C)N4C=CN3N2)cc1. The average Bonchev–Trinajstić information content (AvgIpc) is 3.44. The van der Waals surface area contributed by atoms with Crippen LogP contribution in [-0.4, -0.2) is 46.1 Å². The van der Waals surface area contributed by atoms with E-state index < -0.39 is 0 Å². The molecule has 2 aromatic carbocycles. The fraction of sp³-hybridized carbons (Fsp3) is 0.360. The molecule has 3 heterocycles. The summed E-state index contributed by atoms with van der Waals surface area (Å²) in [6, 6.07) is 12.8. The fourth-order valence-corrected chi connectivity index (χ4v) is 5.66. The van der Waals surface area contributed by atoms with Gasteiger partial charge in [-0.2, -0.15) is 5.10 Å². The number of anilines is 1. The van der Waals surface area contributed by atoms with E-state index in [0.29, 0.717) is 5.75 Å². The van der Waals surface area contributed by atoms with E-state index in [4.69, 9.17) is 4.74 Å². The Morgan fingerprint density at radius 3 is 2.62 bits per heavy atom. The Bertz CT molecular complexity index is 1130. The molecule has 3 aliphatic rings. The summed E-state index contributed by atoms with van der Waals surface area (Å²) in [5, 5.41) is 10.6. The average molecular weight is 479 g/mol. The van der Waals surface area contributed by atoms with E-state index in [-0.39, 0.29) is 24.2 Å². The van der Waals surface area contributed by atoms with Crippen molar-refractivity contribution in [2.75, 3.05) is 18.2 Å². The first-order valence-electron chi connectivity index (χ1n) is 11.4. The van der Waals surface area contributed by atoms with Crippen LogP contribution in [0.15, 0.2) is 53.9 Å². The van der Waals surface area contributed by atoms with Crippen LogP contribution >= 0.6 is 11.8 Å².